The van der Waals surface area contributed by atoms with Gasteiger partial charge in [-0.3, -0.25) is 0 Å². The van der Waals surface area contributed by atoms with Gasteiger partial charge in [0.15, 0.2) is 21.5 Å². The second kappa shape index (κ2) is 5.13. The fourth-order valence-corrected chi connectivity index (χ4v) is 3.59. The average Bonchev–Trinajstić information content (AvgIpc) is 2.93. The molecule has 2 heterocycles. The number of aromatic nitrogens is 3. The number of hydrogen-bond acceptors (Lipinski definition) is 9. The van der Waals surface area contributed by atoms with Crippen molar-refractivity contribution < 1.29 is 12.9 Å². The average molecular weight is 303 g/mol. The first-order valence-corrected chi connectivity index (χ1v) is 7.87. The van der Waals surface area contributed by atoms with Crippen LogP contribution < -0.4 is 11.1 Å². The minimum Gasteiger partial charge on any atom is -0.382 e. The lowest BCUT2D eigenvalue weighted by Gasteiger charge is -2.04. The van der Waals surface area contributed by atoms with Crippen LogP contribution in [0.1, 0.15) is 18.6 Å². The van der Waals surface area contributed by atoms with E-state index in [9.17, 15) is 8.42 Å². The Labute approximate surface area is 114 Å². The molecule has 0 radical (unpaired) electrons. The molecule has 2 aromatic rings. The zero-order valence-electron chi connectivity index (χ0n) is 10.4. The van der Waals surface area contributed by atoms with Crippen molar-refractivity contribution in [2.75, 3.05) is 16.8 Å². The number of anilines is 2. The molecule has 19 heavy (non-hydrogen) atoms. The lowest BCUT2D eigenvalue weighted by Crippen LogP contribution is -2.09. The summed E-state index contributed by atoms with van der Waals surface area (Å²) in [7, 11) is -3.42. The lowest BCUT2D eigenvalue weighted by molar-refractivity contribution is 0.388. The van der Waals surface area contributed by atoms with Gasteiger partial charge in [-0.1, -0.05) is 12.1 Å². The molecule has 0 aliphatic carbocycles. The van der Waals surface area contributed by atoms with E-state index in [1.165, 1.54) is 0 Å². The zero-order chi connectivity index (χ0) is 14.0. The molecule has 0 aromatic carbocycles. The summed E-state index contributed by atoms with van der Waals surface area (Å²) in [6.07, 6.45) is 0. The van der Waals surface area contributed by atoms with Gasteiger partial charge in [0.25, 0.3) is 0 Å². The van der Waals surface area contributed by atoms with E-state index in [1.807, 2.05) is 0 Å². The van der Waals surface area contributed by atoms with Crippen LogP contribution in [-0.4, -0.2) is 28.7 Å². The molecule has 0 spiro atoms. The fourth-order valence-electron chi connectivity index (χ4n) is 1.42. The Morgan fingerprint density at radius 2 is 2.21 bits per heavy atom. The van der Waals surface area contributed by atoms with Crippen LogP contribution in [0.25, 0.3) is 0 Å². The van der Waals surface area contributed by atoms with E-state index in [4.69, 9.17) is 10.3 Å². The molecule has 0 atom stereocenters. The normalized spacial score (nSPS) is 11.7. The minimum absolute atomic E-state index is 0.0126. The van der Waals surface area contributed by atoms with Gasteiger partial charge in [0.1, 0.15) is 9.90 Å². The monoisotopic (exact) mass is 303 g/mol. The molecule has 0 aliphatic rings. The Morgan fingerprint density at radius 3 is 2.79 bits per heavy atom. The summed E-state index contributed by atoms with van der Waals surface area (Å²) in [6.45, 7) is 3.47. The van der Waals surface area contributed by atoms with Gasteiger partial charge >= 0.3 is 0 Å². The summed E-state index contributed by atoms with van der Waals surface area (Å²) in [5, 5.41) is 7.01. The highest BCUT2D eigenvalue weighted by Gasteiger charge is 2.24. The first-order valence-electron chi connectivity index (χ1n) is 5.45. The van der Waals surface area contributed by atoms with Crippen LogP contribution in [0, 0.1) is 6.92 Å². The van der Waals surface area contributed by atoms with Crippen molar-refractivity contribution in [2.24, 2.45) is 0 Å². The number of sulfone groups is 1. The van der Waals surface area contributed by atoms with Crippen LogP contribution in [0.5, 0.6) is 0 Å². The van der Waals surface area contributed by atoms with Crippen molar-refractivity contribution in [1.82, 2.24) is 14.5 Å². The van der Waals surface area contributed by atoms with Crippen LogP contribution in [-0.2, 0) is 16.4 Å². The number of rotatable bonds is 5. The molecule has 0 amide bonds. The predicted molar refractivity (Wildman–Crippen MR) is 70.6 cm³/mol. The van der Waals surface area contributed by atoms with Crippen LogP contribution in [0.3, 0.4) is 0 Å². The number of nitrogens with one attached hydrogen (secondary N) is 1. The first kappa shape index (κ1) is 13.7. The van der Waals surface area contributed by atoms with Crippen molar-refractivity contribution in [2.45, 2.75) is 25.3 Å². The van der Waals surface area contributed by atoms with Gasteiger partial charge in [-0.05, 0) is 11.5 Å². The molecular formula is C9H13N5O3S2. The van der Waals surface area contributed by atoms with Crippen LogP contribution >= 0.6 is 11.5 Å². The number of nitrogens with zero attached hydrogens (tertiary/aromatic N) is 3. The number of nitrogens with two attached hydrogens (primary N) is 1. The highest BCUT2D eigenvalue weighted by molar-refractivity contribution is 7.91. The summed E-state index contributed by atoms with van der Waals surface area (Å²) in [5.41, 5.74) is 5.61. The van der Waals surface area contributed by atoms with Gasteiger partial charge in [-0.15, -0.1) is 0 Å². The number of aryl methyl sites for hydroxylation is 1. The van der Waals surface area contributed by atoms with E-state index >= 15 is 0 Å². The highest BCUT2D eigenvalue weighted by atomic mass is 32.2. The molecule has 0 fully saturated rings. The quantitative estimate of drug-likeness (QED) is 0.832. The van der Waals surface area contributed by atoms with E-state index in [2.05, 4.69) is 19.8 Å². The lowest BCUT2D eigenvalue weighted by atomic mass is 10.5. The highest BCUT2D eigenvalue weighted by Crippen LogP contribution is 2.32. The molecule has 8 nitrogen and oxygen atoms in total. The fraction of sp³-hybridized carbons (Fsp3) is 0.444. The van der Waals surface area contributed by atoms with Gasteiger partial charge in [0, 0.05) is 6.92 Å². The Morgan fingerprint density at radius 1 is 1.47 bits per heavy atom. The molecule has 104 valence electrons. The second-order valence-electron chi connectivity index (χ2n) is 3.71. The Kier molecular flexibility index (Phi) is 3.71. The van der Waals surface area contributed by atoms with Crippen molar-refractivity contribution in [1.29, 1.82) is 0 Å². The second-order valence-corrected chi connectivity index (χ2v) is 6.70. The van der Waals surface area contributed by atoms with E-state index in [0.29, 0.717) is 16.7 Å². The van der Waals surface area contributed by atoms with E-state index in [-0.39, 0.29) is 23.0 Å². The van der Waals surface area contributed by atoms with Gasteiger partial charge in [-0.25, -0.2) is 8.42 Å². The SMILES string of the molecule is CCS(=O)(=O)c1c(N)nsc1NCc1noc(C)n1. The molecule has 3 N–H and O–H groups in total. The maximum Gasteiger partial charge on any atom is 0.223 e. The molecule has 2 aromatic heterocycles. The third-order valence-electron chi connectivity index (χ3n) is 2.34. The molecular weight excluding hydrogens is 290 g/mol. The Hall–Kier alpha value is -1.68. The van der Waals surface area contributed by atoms with E-state index in [0.717, 1.165) is 11.5 Å². The smallest absolute Gasteiger partial charge is 0.223 e. The summed E-state index contributed by atoms with van der Waals surface area (Å²) in [6, 6.07) is 0. The standard InChI is InChI=1S/C9H13N5O3S2/c1-3-19(15,16)7-8(10)14-18-9(7)11-4-6-12-5(2)17-13-6/h11H,3-4H2,1-2H3,(H2,10,14). The summed E-state index contributed by atoms with van der Waals surface area (Å²) < 4.78 is 32.5. The van der Waals surface area contributed by atoms with Crippen molar-refractivity contribution in [3.05, 3.63) is 11.7 Å². The number of hydrogen-bond donors (Lipinski definition) is 2. The Balaban J connectivity index is 2.22. The van der Waals surface area contributed by atoms with Gasteiger partial charge < -0.3 is 15.6 Å². The molecule has 0 unspecified atom stereocenters. The third-order valence-corrected chi connectivity index (χ3v) is 5.09. The maximum absolute atomic E-state index is 11.9. The largest absolute Gasteiger partial charge is 0.382 e. The van der Waals surface area contributed by atoms with Crippen molar-refractivity contribution in [3.63, 3.8) is 0 Å². The topological polar surface area (TPSA) is 124 Å². The summed E-state index contributed by atoms with van der Waals surface area (Å²) in [5.74, 6) is 0.857. The predicted octanol–water partition coefficient (Wildman–Crippen LogP) is 0.822. The van der Waals surface area contributed by atoms with Crippen molar-refractivity contribution >= 4 is 32.2 Å². The van der Waals surface area contributed by atoms with Gasteiger partial charge in [-0.2, -0.15) is 9.36 Å². The molecule has 2 rings (SSSR count). The van der Waals surface area contributed by atoms with E-state index in [1.54, 1.807) is 13.8 Å². The van der Waals surface area contributed by atoms with Crippen LogP contribution in [0.4, 0.5) is 10.8 Å². The third kappa shape index (κ3) is 2.84. The Bertz CT molecular complexity index is 676. The summed E-state index contributed by atoms with van der Waals surface area (Å²) in [4.78, 5) is 4.05. The number of nitrogen functional groups attached to an aromatic ring is 1. The molecule has 0 saturated carbocycles. The minimum atomic E-state index is -3.42. The molecule has 0 saturated heterocycles. The summed E-state index contributed by atoms with van der Waals surface area (Å²) >= 11 is 0.993. The van der Waals surface area contributed by atoms with Crippen molar-refractivity contribution in [3.8, 4) is 0 Å². The van der Waals surface area contributed by atoms with E-state index < -0.39 is 9.84 Å². The van der Waals surface area contributed by atoms with Gasteiger partial charge in [0.05, 0.1) is 12.3 Å². The molecule has 0 bridgehead atoms. The van der Waals surface area contributed by atoms with Crippen LogP contribution in [0.2, 0.25) is 0 Å². The zero-order valence-corrected chi connectivity index (χ0v) is 12.0. The van der Waals surface area contributed by atoms with Crippen LogP contribution in [0.15, 0.2) is 9.42 Å². The molecule has 10 heteroatoms. The van der Waals surface area contributed by atoms with Gasteiger partial charge in [0.2, 0.25) is 5.89 Å². The molecule has 0 aliphatic heterocycles. The first-order chi connectivity index (χ1) is 8.94. The maximum atomic E-state index is 11.9.